The van der Waals surface area contributed by atoms with E-state index in [9.17, 15) is 9.18 Å². The number of allylic oxidation sites excluding steroid dienone is 6. The minimum absolute atomic E-state index is 0.0119. The number of nitrogens with one attached hydrogen (secondary N) is 1. The molecule has 0 radical (unpaired) electrons. The number of carbonyl (C=O) groups is 1. The minimum Gasteiger partial charge on any atom is -0.462 e. The largest absolute Gasteiger partial charge is 0.462 e. The minimum atomic E-state index is -0.374. The number of piperidine rings is 1. The lowest BCUT2D eigenvalue weighted by atomic mass is 9.96. The van der Waals surface area contributed by atoms with Gasteiger partial charge in [0.05, 0.1) is 6.42 Å². The lowest BCUT2D eigenvalue weighted by Crippen LogP contribution is -2.21. The Morgan fingerprint density at radius 1 is 1.29 bits per heavy atom. The van der Waals surface area contributed by atoms with Gasteiger partial charge in [-0.1, -0.05) is 63.6 Å². The standard InChI is InChI=1S/C17H23FO2.C5H11N.C2H6/c1-4-5-6-7-8-14(3)20-17(19)12-15-10-9-13(2)11-16(15)18;1-2-4-6-5-3-1;1-2/h4-7,9-10,13-14H,8,11-12H2,1-3H3;6H,1-5H2;1-2H3/b5-4-,7-6-;;. The van der Waals surface area contributed by atoms with Crippen molar-refractivity contribution in [3.63, 3.8) is 0 Å². The van der Waals surface area contributed by atoms with E-state index >= 15 is 0 Å². The van der Waals surface area contributed by atoms with E-state index in [2.05, 4.69) is 5.32 Å². The molecule has 160 valence electrons. The van der Waals surface area contributed by atoms with Gasteiger partial charge < -0.3 is 10.1 Å². The molecule has 1 N–H and O–H groups in total. The molecule has 1 aliphatic carbocycles. The van der Waals surface area contributed by atoms with E-state index in [4.69, 9.17) is 4.74 Å². The molecule has 2 rings (SSSR count). The monoisotopic (exact) mass is 393 g/mol. The summed E-state index contributed by atoms with van der Waals surface area (Å²) in [5.41, 5.74) is 0.449. The fraction of sp³-hybridized carbons (Fsp3) is 0.625. The summed E-state index contributed by atoms with van der Waals surface area (Å²) in [6.45, 7) is 12.2. The number of halogens is 1. The van der Waals surface area contributed by atoms with Crippen molar-refractivity contribution in [1.82, 2.24) is 5.32 Å². The first-order chi connectivity index (χ1) is 13.5. The number of esters is 1. The maximum absolute atomic E-state index is 13.7. The van der Waals surface area contributed by atoms with Gasteiger partial charge >= 0.3 is 5.97 Å². The first-order valence-corrected chi connectivity index (χ1v) is 10.8. The molecule has 0 spiro atoms. The van der Waals surface area contributed by atoms with Crippen molar-refractivity contribution in [3.8, 4) is 0 Å². The topological polar surface area (TPSA) is 38.3 Å². The average Bonchev–Trinajstić information content (AvgIpc) is 2.71. The van der Waals surface area contributed by atoms with Crippen molar-refractivity contribution in [2.45, 2.75) is 79.2 Å². The molecule has 0 saturated carbocycles. The summed E-state index contributed by atoms with van der Waals surface area (Å²) in [7, 11) is 0. The van der Waals surface area contributed by atoms with Gasteiger partial charge in [0.15, 0.2) is 0 Å². The molecule has 4 heteroatoms. The molecule has 0 aromatic rings. The van der Waals surface area contributed by atoms with Crippen LogP contribution in [0, 0.1) is 5.92 Å². The van der Waals surface area contributed by atoms with Crippen LogP contribution >= 0.6 is 0 Å². The summed E-state index contributed by atoms with van der Waals surface area (Å²) >= 11 is 0. The van der Waals surface area contributed by atoms with Gasteiger partial charge in [-0.2, -0.15) is 0 Å². The Morgan fingerprint density at radius 3 is 2.46 bits per heavy atom. The van der Waals surface area contributed by atoms with E-state index in [1.54, 1.807) is 6.08 Å². The molecule has 1 aliphatic heterocycles. The van der Waals surface area contributed by atoms with Gasteiger partial charge in [0.1, 0.15) is 11.9 Å². The van der Waals surface area contributed by atoms with E-state index < -0.39 is 0 Å². The predicted octanol–water partition coefficient (Wildman–Crippen LogP) is 6.44. The molecular weight excluding hydrogens is 353 g/mol. The quantitative estimate of drug-likeness (QED) is 0.417. The first kappa shape index (κ1) is 26.3. The van der Waals surface area contributed by atoms with Gasteiger partial charge in [0.2, 0.25) is 0 Å². The van der Waals surface area contributed by atoms with Crippen LogP contribution in [-0.4, -0.2) is 25.2 Å². The highest BCUT2D eigenvalue weighted by Crippen LogP contribution is 2.26. The number of hydrogen-bond donors (Lipinski definition) is 1. The predicted molar refractivity (Wildman–Crippen MR) is 118 cm³/mol. The third-order valence-electron chi connectivity index (χ3n) is 4.26. The molecule has 2 unspecified atom stereocenters. The smallest absolute Gasteiger partial charge is 0.310 e. The van der Waals surface area contributed by atoms with E-state index in [1.807, 2.05) is 65.0 Å². The van der Waals surface area contributed by atoms with Crippen LogP contribution in [0.25, 0.3) is 0 Å². The van der Waals surface area contributed by atoms with Crippen LogP contribution in [-0.2, 0) is 9.53 Å². The van der Waals surface area contributed by atoms with Crippen LogP contribution in [0.3, 0.4) is 0 Å². The summed E-state index contributed by atoms with van der Waals surface area (Å²) < 4.78 is 18.9. The van der Waals surface area contributed by atoms with E-state index in [0.29, 0.717) is 18.4 Å². The third-order valence-corrected chi connectivity index (χ3v) is 4.26. The summed E-state index contributed by atoms with van der Waals surface area (Å²) in [4.78, 5) is 11.7. The van der Waals surface area contributed by atoms with E-state index in [-0.39, 0.29) is 30.2 Å². The normalized spacial score (nSPS) is 20.3. The molecule has 3 nitrogen and oxygen atoms in total. The molecule has 28 heavy (non-hydrogen) atoms. The maximum Gasteiger partial charge on any atom is 0.310 e. The highest BCUT2D eigenvalue weighted by atomic mass is 19.1. The van der Waals surface area contributed by atoms with Crippen LogP contribution in [0.15, 0.2) is 47.9 Å². The Balaban J connectivity index is 0.000000759. The Bertz CT molecular complexity index is 519. The SMILES string of the molecule is C/C=C\C=C/CC(C)OC(=O)CC1=C(F)CC(C)C=C1.C1CCNCC1.CC. The van der Waals surface area contributed by atoms with Crippen LogP contribution in [0.1, 0.15) is 73.1 Å². The van der Waals surface area contributed by atoms with E-state index in [0.717, 1.165) is 0 Å². The zero-order valence-corrected chi connectivity index (χ0v) is 18.5. The molecule has 2 aliphatic rings. The molecule has 0 amide bonds. The number of hydrogen-bond acceptors (Lipinski definition) is 3. The Hall–Kier alpha value is -1.68. The fourth-order valence-electron chi connectivity index (χ4n) is 2.74. The van der Waals surface area contributed by atoms with Gasteiger partial charge in [-0.3, -0.25) is 4.79 Å². The molecule has 1 heterocycles. The molecule has 2 atom stereocenters. The second-order valence-corrected chi connectivity index (χ2v) is 6.95. The van der Waals surface area contributed by atoms with Crippen LogP contribution in [0.4, 0.5) is 4.39 Å². The van der Waals surface area contributed by atoms with Crippen molar-refractivity contribution in [2.24, 2.45) is 5.92 Å². The van der Waals surface area contributed by atoms with Gasteiger partial charge in [0.25, 0.3) is 0 Å². The van der Waals surface area contributed by atoms with Gasteiger partial charge in [-0.05, 0) is 51.3 Å². The lowest BCUT2D eigenvalue weighted by molar-refractivity contribution is -0.147. The zero-order valence-electron chi connectivity index (χ0n) is 18.5. The summed E-state index contributed by atoms with van der Waals surface area (Å²) in [6.07, 6.45) is 16.4. The van der Waals surface area contributed by atoms with Crippen LogP contribution < -0.4 is 5.32 Å². The highest BCUT2D eigenvalue weighted by Gasteiger charge is 2.17. The molecule has 0 aromatic heterocycles. The Kier molecular flexibility index (Phi) is 16.4. The van der Waals surface area contributed by atoms with Crippen LogP contribution in [0.2, 0.25) is 0 Å². The molecule has 1 saturated heterocycles. The van der Waals surface area contributed by atoms with Crippen molar-refractivity contribution >= 4 is 5.97 Å². The Labute approximate surface area is 171 Å². The highest BCUT2D eigenvalue weighted by molar-refractivity contribution is 5.73. The molecule has 0 aromatic carbocycles. The van der Waals surface area contributed by atoms with Gasteiger partial charge in [-0.15, -0.1) is 0 Å². The van der Waals surface area contributed by atoms with Crippen molar-refractivity contribution < 1.29 is 13.9 Å². The van der Waals surface area contributed by atoms with Crippen molar-refractivity contribution in [3.05, 3.63) is 47.9 Å². The van der Waals surface area contributed by atoms with E-state index in [1.165, 1.54) is 32.4 Å². The number of ether oxygens (including phenoxy) is 1. The number of rotatable bonds is 6. The van der Waals surface area contributed by atoms with Crippen molar-refractivity contribution in [1.29, 1.82) is 0 Å². The van der Waals surface area contributed by atoms with Gasteiger partial charge in [-0.25, -0.2) is 4.39 Å². The Morgan fingerprint density at radius 2 is 1.96 bits per heavy atom. The molecular formula is C24H40FNO2. The fourth-order valence-corrected chi connectivity index (χ4v) is 2.74. The second kappa shape index (κ2) is 17.4. The summed E-state index contributed by atoms with van der Waals surface area (Å²) in [5, 5.41) is 3.28. The zero-order chi connectivity index (χ0) is 21.2. The van der Waals surface area contributed by atoms with Crippen molar-refractivity contribution in [2.75, 3.05) is 13.1 Å². The lowest BCUT2D eigenvalue weighted by Gasteiger charge is -2.15. The summed E-state index contributed by atoms with van der Waals surface area (Å²) in [5.74, 6) is -0.371. The van der Waals surface area contributed by atoms with Gasteiger partial charge in [0, 0.05) is 12.8 Å². The second-order valence-electron chi connectivity index (χ2n) is 6.95. The molecule has 0 bridgehead atoms. The summed E-state index contributed by atoms with van der Waals surface area (Å²) in [6, 6.07) is 0. The third kappa shape index (κ3) is 13.5. The maximum atomic E-state index is 13.7. The van der Waals surface area contributed by atoms with Crippen LogP contribution in [0.5, 0.6) is 0 Å². The average molecular weight is 394 g/mol. The number of carbonyl (C=O) groups excluding carboxylic acids is 1. The molecule has 1 fully saturated rings. The first-order valence-electron chi connectivity index (χ1n) is 10.8.